The average Bonchev–Trinajstić information content (AvgIpc) is 2.70. The number of fused-ring (bicyclic) bond motifs is 1. The third kappa shape index (κ3) is 7.52. The van der Waals surface area contributed by atoms with Crippen LogP contribution in [0.3, 0.4) is 0 Å². The largest absolute Gasteiger partial charge is 0.486 e. The van der Waals surface area contributed by atoms with E-state index in [2.05, 4.69) is 0 Å². The lowest BCUT2D eigenvalue weighted by Gasteiger charge is -2.26. The number of benzene rings is 2. The van der Waals surface area contributed by atoms with Gasteiger partial charge in [0, 0.05) is 22.7 Å². The average molecular weight is 493 g/mol. The summed E-state index contributed by atoms with van der Waals surface area (Å²) in [5.74, 6) is -0.397. The van der Waals surface area contributed by atoms with Gasteiger partial charge in [-0.1, -0.05) is 67.0 Å². The number of rotatable bonds is 8. The third-order valence-corrected chi connectivity index (χ3v) is 5.09. The molecule has 0 N–H and O–H groups in total. The second kappa shape index (κ2) is 10.9. The Labute approximate surface area is 207 Å². The summed E-state index contributed by atoms with van der Waals surface area (Å²) in [6, 6.07) is 5.06. The molecule has 7 heteroatoms. The van der Waals surface area contributed by atoms with Gasteiger partial charge in [-0.15, -0.1) is 0 Å². The van der Waals surface area contributed by atoms with Crippen molar-refractivity contribution in [2.24, 2.45) is 16.7 Å². The van der Waals surface area contributed by atoms with E-state index in [-0.39, 0.29) is 39.7 Å². The van der Waals surface area contributed by atoms with Gasteiger partial charge >= 0.3 is 11.9 Å². The van der Waals surface area contributed by atoms with Crippen LogP contribution >= 0.6 is 11.6 Å². The van der Waals surface area contributed by atoms with E-state index in [0.29, 0.717) is 35.4 Å². The van der Waals surface area contributed by atoms with Crippen molar-refractivity contribution in [2.75, 3.05) is 13.2 Å². The van der Waals surface area contributed by atoms with Gasteiger partial charge in [0.2, 0.25) is 11.5 Å². The van der Waals surface area contributed by atoms with Crippen molar-refractivity contribution in [3.8, 4) is 23.0 Å². The van der Waals surface area contributed by atoms with E-state index < -0.39 is 11.9 Å². The SMILES string of the molecule is CCC(C)C(=O)Oc1c(OCC(C)(C)C)c(OCC(C)(C)C)c(OC(C)=O)c2ccc(Cl)cc12. The zero-order chi connectivity index (χ0) is 25.8. The molecule has 0 heterocycles. The van der Waals surface area contributed by atoms with Crippen molar-refractivity contribution in [2.45, 2.75) is 68.7 Å². The molecule has 34 heavy (non-hydrogen) atoms. The molecule has 0 saturated heterocycles. The van der Waals surface area contributed by atoms with E-state index >= 15 is 0 Å². The fourth-order valence-corrected chi connectivity index (χ4v) is 3.08. The molecule has 0 aliphatic carbocycles. The molecular weight excluding hydrogens is 456 g/mol. The maximum atomic E-state index is 12.9. The highest BCUT2D eigenvalue weighted by Crippen LogP contribution is 2.52. The van der Waals surface area contributed by atoms with E-state index in [1.54, 1.807) is 25.1 Å². The Kier molecular flexibility index (Phi) is 8.86. The highest BCUT2D eigenvalue weighted by Gasteiger charge is 2.30. The van der Waals surface area contributed by atoms with Crippen LogP contribution in [0.1, 0.15) is 68.7 Å². The summed E-state index contributed by atoms with van der Waals surface area (Å²) in [6.07, 6.45) is 0.620. The molecule has 0 radical (unpaired) electrons. The van der Waals surface area contributed by atoms with Crippen molar-refractivity contribution >= 4 is 34.3 Å². The van der Waals surface area contributed by atoms with Gasteiger partial charge in [0.1, 0.15) is 0 Å². The Morgan fingerprint density at radius 2 is 1.35 bits per heavy atom. The molecule has 1 atom stereocenters. The molecule has 2 aromatic rings. The molecule has 2 rings (SSSR count). The van der Waals surface area contributed by atoms with E-state index in [9.17, 15) is 9.59 Å². The highest BCUT2D eigenvalue weighted by atomic mass is 35.5. The molecule has 0 bridgehead atoms. The fourth-order valence-electron chi connectivity index (χ4n) is 2.91. The quantitative estimate of drug-likeness (QED) is 0.286. The molecule has 0 fully saturated rings. The van der Waals surface area contributed by atoms with Gasteiger partial charge in [-0.2, -0.15) is 0 Å². The molecule has 0 spiro atoms. The normalized spacial score (nSPS) is 12.9. The van der Waals surface area contributed by atoms with Crippen LogP contribution in [0, 0.1) is 16.7 Å². The first-order valence-corrected chi connectivity index (χ1v) is 12.0. The van der Waals surface area contributed by atoms with Crippen molar-refractivity contribution in [1.82, 2.24) is 0 Å². The Morgan fingerprint density at radius 1 is 0.853 bits per heavy atom. The van der Waals surface area contributed by atoms with Crippen molar-refractivity contribution in [3.63, 3.8) is 0 Å². The molecule has 0 saturated carbocycles. The third-order valence-electron chi connectivity index (χ3n) is 4.85. The van der Waals surface area contributed by atoms with Crippen LogP contribution in [0.25, 0.3) is 10.8 Å². The molecule has 188 valence electrons. The summed E-state index contributed by atoms with van der Waals surface area (Å²) in [4.78, 5) is 24.9. The van der Waals surface area contributed by atoms with Crippen LogP contribution < -0.4 is 18.9 Å². The first kappa shape index (κ1) is 27.8. The lowest BCUT2D eigenvalue weighted by molar-refractivity contribution is -0.138. The maximum Gasteiger partial charge on any atom is 0.314 e. The van der Waals surface area contributed by atoms with Crippen LogP contribution in [-0.4, -0.2) is 25.2 Å². The number of carbonyl (C=O) groups excluding carboxylic acids is 2. The predicted molar refractivity (Wildman–Crippen MR) is 135 cm³/mol. The van der Waals surface area contributed by atoms with Gasteiger partial charge in [0.15, 0.2) is 11.5 Å². The summed E-state index contributed by atoms with van der Waals surface area (Å²) >= 11 is 6.32. The van der Waals surface area contributed by atoms with Gasteiger partial charge in [-0.05, 0) is 35.4 Å². The first-order valence-electron chi connectivity index (χ1n) is 11.6. The van der Waals surface area contributed by atoms with Crippen LogP contribution in [0.15, 0.2) is 18.2 Å². The topological polar surface area (TPSA) is 71.1 Å². The number of esters is 2. The van der Waals surface area contributed by atoms with E-state index in [0.717, 1.165) is 0 Å². The standard InChI is InChI=1S/C27H37ClO6/c1-10-16(2)25(30)34-22-20-13-18(28)11-12-19(20)21(33-17(3)29)23(31-14-26(4,5)6)24(22)32-15-27(7,8)9/h11-13,16H,10,14-15H2,1-9H3. The summed E-state index contributed by atoms with van der Waals surface area (Å²) in [5.41, 5.74) is -0.401. The molecule has 0 amide bonds. The maximum absolute atomic E-state index is 12.9. The van der Waals surface area contributed by atoms with Gasteiger partial charge in [0.25, 0.3) is 0 Å². The minimum absolute atomic E-state index is 0.197. The number of carbonyl (C=O) groups is 2. The summed E-state index contributed by atoms with van der Waals surface area (Å²) < 4.78 is 24.0. The van der Waals surface area contributed by atoms with Crippen LogP contribution in [0.4, 0.5) is 0 Å². The van der Waals surface area contributed by atoms with Gasteiger partial charge in [-0.25, -0.2) is 0 Å². The zero-order valence-corrected chi connectivity index (χ0v) is 22.5. The van der Waals surface area contributed by atoms with Crippen molar-refractivity contribution < 1.29 is 28.5 Å². The number of hydrogen-bond acceptors (Lipinski definition) is 6. The highest BCUT2D eigenvalue weighted by molar-refractivity contribution is 6.31. The minimum Gasteiger partial charge on any atom is -0.486 e. The fraction of sp³-hybridized carbons (Fsp3) is 0.556. The Morgan fingerprint density at radius 3 is 1.79 bits per heavy atom. The lowest BCUT2D eigenvalue weighted by atomic mass is 9.98. The van der Waals surface area contributed by atoms with Crippen molar-refractivity contribution in [3.05, 3.63) is 23.2 Å². The predicted octanol–water partition coefficient (Wildman–Crippen LogP) is 7.22. The van der Waals surface area contributed by atoms with E-state index in [1.165, 1.54) is 6.92 Å². The Hall–Kier alpha value is -2.47. The van der Waals surface area contributed by atoms with Crippen molar-refractivity contribution in [1.29, 1.82) is 0 Å². The van der Waals surface area contributed by atoms with Crippen LogP contribution in [-0.2, 0) is 9.59 Å². The molecule has 2 aromatic carbocycles. The molecular formula is C27H37ClO6. The van der Waals surface area contributed by atoms with Gasteiger partial charge in [0.05, 0.1) is 19.1 Å². The lowest BCUT2D eigenvalue weighted by Crippen LogP contribution is -2.22. The summed E-state index contributed by atoms with van der Waals surface area (Å²) in [6.45, 7) is 17.8. The molecule has 1 unspecified atom stereocenters. The minimum atomic E-state index is -0.511. The Bertz CT molecular complexity index is 1050. The second-order valence-electron chi connectivity index (χ2n) is 11.0. The van der Waals surface area contributed by atoms with E-state index in [4.69, 9.17) is 30.5 Å². The van der Waals surface area contributed by atoms with E-state index in [1.807, 2.05) is 48.5 Å². The monoisotopic (exact) mass is 492 g/mol. The zero-order valence-electron chi connectivity index (χ0n) is 21.8. The number of hydrogen-bond donors (Lipinski definition) is 0. The number of halogens is 1. The van der Waals surface area contributed by atoms with Crippen LogP contribution in [0.5, 0.6) is 23.0 Å². The molecule has 0 aliphatic rings. The van der Waals surface area contributed by atoms with Gasteiger partial charge < -0.3 is 18.9 Å². The molecule has 0 aromatic heterocycles. The Balaban J connectivity index is 2.90. The summed E-state index contributed by atoms with van der Waals surface area (Å²) in [7, 11) is 0. The smallest absolute Gasteiger partial charge is 0.314 e. The summed E-state index contributed by atoms with van der Waals surface area (Å²) in [5, 5.41) is 1.46. The van der Waals surface area contributed by atoms with Gasteiger partial charge in [-0.3, -0.25) is 9.59 Å². The van der Waals surface area contributed by atoms with Crippen LogP contribution in [0.2, 0.25) is 5.02 Å². The number of ether oxygens (including phenoxy) is 4. The first-order chi connectivity index (χ1) is 15.6. The molecule has 6 nitrogen and oxygen atoms in total. The second-order valence-corrected chi connectivity index (χ2v) is 11.5. The molecule has 0 aliphatic heterocycles.